The standard InChI is InChI=1S/C9H10N2O4/c1-4-6(5(2)12)11-7(8(13)10-4)9(14)15-3/h1-3H3,(H,10,13). The van der Waals surface area contributed by atoms with E-state index in [1.165, 1.54) is 13.8 Å². The first kappa shape index (κ1) is 11.1. The number of H-pyrrole nitrogens is 1. The fourth-order valence-electron chi connectivity index (χ4n) is 1.11. The summed E-state index contributed by atoms with van der Waals surface area (Å²) in [6, 6.07) is 0. The van der Waals surface area contributed by atoms with Gasteiger partial charge in [0.15, 0.2) is 5.78 Å². The summed E-state index contributed by atoms with van der Waals surface area (Å²) < 4.78 is 4.36. The van der Waals surface area contributed by atoms with Gasteiger partial charge in [0.25, 0.3) is 5.56 Å². The van der Waals surface area contributed by atoms with E-state index in [-0.39, 0.29) is 11.5 Å². The second kappa shape index (κ2) is 4.04. The van der Waals surface area contributed by atoms with E-state index in [1.54, 1.807) is 0 Å². The predicted octanol–water partition coefficient (Wildman–Crippen LogP) is 0.0675. The molecule has 15 heavy (non-hydrogen) atoms. The summed E-state index contributed by atoms with van der Waals surface area (Å²) in [4.78, 5) is 39.5. The van der Waals surface area contributed by atoms with Gasteiger partial charge in [-0.25, -0.2) is 9.78 Å². The van der Waals surface area contributed by atoms with Gasteiger partial charge in [-0.1, -0.05) is 0 Å². The molecule has 1 N–H and O–H groups in total. The van der Waals surface area contributed by atoms with Crippen molar-refractivity contribution in [3.05, 3.63) is 27.4 Å². The number of ether oxygens (including phenoxy) is 1. The molecule has 0 saturated heterocycles. The Hall–Kier alpha value is -1.98. The predicted molar refractivity (Wildman–Crippen MR) is 50.9 cm³/mol. The summed E-state index contributed by atoms with van der Waals surface area (Å²) in [6.07, 6.45) is 0. The van der Waals surface area contributed by atoms with Crippen molar-refractivity contribution in [1.29, 1.82) is 0 Å². The Morgan fingerprint density at radius 3 is 2.40 bits per heavy atom. The van der Waals surface area contributed by atoms with Crippen LogP contribution in [0, 0.1) is 6.92 Å². The number of aromatic nitrogens is 2. The number of rotatable bonds is 2. The van der Waals surface area contributed by atoms with Gasteiger partial charge in [-0.15, -0.1) is 0 Å². The van der Waals surface area contributed by atoms with E-state index < -0.39 is 17.2 Å². The number of aryl methyl sites for hydroxylation is 1. The molecule has 1 aromatic heterocycles. The molecule has 0 aliphatic rings. The number of nitrogens with zero attached hydrogens (tertiary/aromatic N) is 1. The van der Waals surface area contributed by atoms with Crippen LogP contribution < -0.4 is 5.56 Å². The number of Topliss-reactive ketones (excluding diaryl/α,β-unsaturated/α-hetero) is 1. The largest absolute Gasteiger partial charge is 0.464 e. The molecular weight excluding hydrogens is 200 g/mol. The van der Waals surface area contributed by atoms with Gasteiger partial charge >= 0.3 is 5.97 Å². The summed E-state index contributed by atoms with van der Waals surface area (Å²) >= 11 is 0. The molecule has 80 valence electrons. The van der Waals surface area contributed by atoms with Gasteiger partial charge in [-0.05, 0) is 6.92 Å². The Bertz CT molecular complexity index is 475. The van der Waals surface area contributed by atoms with Crippen LogP contribution in [-0.4, -0.2) is 28.8 Å². The molecule has 6 nitrogen and oxygen atoms in total. The van der Waals surface area contributed by atoms with Gasteiger partial charge in [0, 0.05) is 12.6 Å². The molecule has 1 aromatic rings. The molecule has 1 rings (SSSR count). The number of methoxy groups -OCH3 is 1. The van der Waals surface area contributed by atoms with Crippen LogP contribution in [0.5, 0.6) is 0 Å². The van der Waals surface area contributed by atoms with Crippen LogP contribution in [0.3, 0.4) is 0 Å². The first-order valence-electron chi connectivity index (χ1n) is 4.17. The highest BCUT2D eigenvalue weighted by Crippen LogP contribution is 2.01. The molecule has 0 bridgehead atoms. The van der Waals surface area contributed by atoms with Gasteiger partial charge in [-0.2, -0.15) is 0 Å². The molecule has 0 unspecified atom stereocenters. The Labute approximate surface area is 85.3 Å². The van der Waals surface area contributed by atoms with Crippen LogP contribution >= 0.6 is 0 Å². The lowest BCUT2D eigenvalue weighted by Gasteiger charge is -2.02. The van der Waals surface area contributed by atoms with Crippen molar-refractivity contribution in [2.45, 2.75) is 13.8 Å². The van der Waals surface area contributed by atoms with Crippen LogP contribution in [0.1, 0.15) is 33.6 Å². The minimum atomic E-state index is -0.862. The molecule has 0 aliphatic carbocycles. The highest BCUT2D eigenvalue weighted by Gasteiger charge is 2.17. The second-order valence-electron chi connectivity index (χ2n) is 2.94. The maximum absolute atomic E-state index is 11.3. The van der Waals surface area contributed by atoms with Crippen LogP contribution in [0.4, 0.5) is 0 Å². The molecular formula is C9H10N2O4. The number of carbonyl (C=O) groups excluding carboxylic acids is 2. The fourth-order valence-corrected chi connectivity index (χ4v) is 1.11. The summed E-state index contributed by atoms with van der Waals surface area (Å²) in [7, 11) is 1.14. The maximum Gasteiger partial charge on any atom is 0.362 e. The number of nitrogens with one attached hydrogen (secondary N) is 1. The molecule has 6 heteroatoms. The number of carbonyl (C=O) groups is 2. The van der Waals surface area contributed by atoms with Crippen molar-refractivity contribution in [2.75, 3.05) is 7.11 Å². The van der Waals surface area contributed by atoms with E-state index in [4.69, 9.17) is 0 Å². The third-order valence-corrected chi connectivity index (χ3v) is 1.81. The van der Waals surface area contributed by atoms with E-state index in [1.807, 2.05) is 0 Å². The van der Waals surface area contributed by atoms with Crippen molar-refractivity contribution in [3.63, 3.8) is 0 Å². The molecule has 0 aromatic carbocycles. The number of aromatic amines is 1. The quantitative estimate of drug-likeness (QED) is 0.551. The summed E-state index contributed by atoms with van der Waals surface area (Å²) in [5.74, 6) is -1.19. The van der Waals surface area contributed by atoms with Crippen molar-refractivity contribution >= 4 is 11.8 Å². The fraction of sp³-hybridized carbons (Fsp3) is 0.333. The minimum absolute atomic E-state index is 0.0648. The molecule has 0 aliphatic heterocycles. The average Bonchev–Trinajstić information content (AvgIpc) is 2.16. The van der Waals surface area contributed by atoms with E-state index in [9.17, 15) is 14.4 Å². The van der Waals surface area contributed by atoms with Crippen LogP contribution in [-0.2, 0) is 4.74 Å². The zero-order valence-corrected chi connectivity index (χ0v) is 8.58. The number of hydrogen-bond acceptors (Lipinski definition) is 5. The van der Waals surface area contributed by atoms with E-state index in [0.29, 0.717) is 5.69 Å². The Morgan fingerprint density at radius 2 is 1.93 bits per heavy atom. The van der Waals surface area contributed by atoms with Gasteiger partial charge in [0.1, 0.15) is 5.69 Å². The van der Waals surface area contributed by atoms with Crippen molar-refractivity contribution in [2.24, 2.45) is 0 Å². The monoisotopic (exact) mass is 210 g/mol. The molecule has 0 amide bonds. The first-order chi connectivity index (χ1) is 6.97. The Balaban J connectivity index is 3.43. The number of esters is 1. The Morgan fingerprint density at radius 1 is 1.33 bits per heavy atom. The zero-order valence-electron chi connectivity index (χ0n) is 8.58. The van der Waals surface area contributed by atoms with Crippen LogP contribution in [0.15, 0.2) is 4.79 Å². The van der Waals surface area contributed by atoms with E-state index in [2.05, 4.69) is 14.7 Å². The normalized spacial score (nSPS) is 9.80. The summed E-state index contributed by atoms with van der Waals surface area (Å²) in [5, 5.41) is 0. The van der Waals surface area contributed by atoms with Crippen LogP contribution in [0.2, 0.25) is 0 Å². The molecule has 0 spiro atoms. The third-order valence-electron chi connectivity index (χ3n) is 1.81. The van der Waals surface area contributed by atoms with Crippen molar-refractivity contribution < 1.29 is 14.3 Å². The van der Waals surface area contributed by atoms with Gasteiger partial charge in [0.2, 0.25) is 5.69 Å². The summed E-state index contributed by atoms with van der Waals surface area (Å²) in [5.41, 5.74) is -0.673. The lowest BCUT2D eigenvalue weighted by Crippen LogP contribution is -2.24. The smallest absolute Gasteiger partial charge is 0.362 e. The highest BCUT2D eigenvalue weighted by atomic mass is 16.5. The highest BCUT2D eigenvalue weighted by molar-refractivity contribution is 5.94. The zero-order chi connectivity index (χ0) is 11.6. The van der Waals surface area contributed by atoms with Gasteiger partial charge < -0.3 is 9.72 Å². The molecule has 0 saturated carbocycles. The van der Waals surface area contributed by atoms with Crippen LogP contribution in [0.25, 0.3) is 0 Å². The lowest BCUT2D eigenvalue weighted by atomic mass is 10.2. The molecule has 0 radical (unpaired) electrons. The van der Waals surface area contributed by atoms with Crippen molar-refractivity contribution in [1.82, 2.24) is 9.97 Å². The average molecular weight is 210 g/mol. The first-order valence-corrected chi connectivity index (χ1v) is 4.17. The van der Waals surface area contributed by atoms with Gasteiger partial charge in [-0.3, -0.25) is 9.59 Å². The van der Waals surface area contributed by atoms with Crippen molar-refractivity contribution in [3.8, 4) is 0 Å². The molecule has 0 atom stereocenters. The van der Waals surface area contributed by atoms with E-state index >= 15 is 0 Å². The topological polar surface area (TPSA) is 89.1 Å². The lowest BCUT2D eigenvalue weighted by molar-refractivity contribution is 0.0591. The maximum atomic E-state index is 11.3. The third kappa shape index (κ3) is 2.09. The second-order valence-corrected chi connectivity index (χ2v) is 2.94. The number of hydrogen-bond donors (Lipinski definition) is 1. The van der Waals surface area contributed by atoms with E-state index in [0.717, 1.165) is 7.11 Å². The molecule has 1 heterocycles. The Kier molecular flexibility index (Phi) is 2.99. The van der Waals surface area contributed by atoms with Gasteiger partial charge in [0.05, 0.1) is 7.11 Å². The molecule has 0 fully saturated rings. The minimum Gasteiger partial charge on any atom is -0.464 e. The number of ketones is 1. The SMILES string of the molecule is COC(=O)c1nc(C(C)=O)c(C)[nH]c1=O. The summed E-state index contributed by atoms with van der Waals surface area (Å²) in [6.45, 7) is 2.83.